The van der Waals surface area contributed by atoms with Crippen molar-refractivity contribution in [1.29, 1.82) is 0 Å². The van der Waals surface area contributed by atoms with E-state index in [1.54, 1.807) is 12.4 Å². The summed E-state index contributed by atoms with van der Waals surface area (Å²) in [4.78, 5) is 18.2. The van der Waals surface area contributed by atoms with E-state index >= 15 is 0 Å². The Balaban J connectivity index is 1.69. The van der Waals surface area contributed by atoms with Crippen molar-refractivity contribution in [2.45, 2.75) is 25.8 Å². The van der Waals surface area contributed by atoms with Gasteiger partial charge in [0.25, 0.3) is 0 Å². The maximum absolute atomic E-state index is 11.2. The third kappa shape index (κ3) is 2.57. The van der Waals surface area contributed by atoms with Crippen LogP contribution in [0.5, 0.6) is 0 Å². The zero-order valence-electron chi connectivity index (χ0n) is 7.42. The highest BCUT2D eigenvalue weighted by Crippen LogP contribution is 2.31. The fraction of sp³-hybridized carbons (Fsp3) is 0.556. The predicted octanol–water partition coefficient (Wildman–Crippen LogP) is 0.826. The Morgan fingerprint density at radius 1 is 1.69 bits per heavy atom. The van der Waals surface area contributed by atoms with Gasteiger partial charge in [-0.05, 0) is 18.8 Å². The van der Waals surface area contributed by atoms with Crippen LogP contribution in [0.25, 0.3) is 0 Å². The van der Waals surface area contributed by atoms with Gasteiger partial charge < -0.3 is 10.3 Å². The van der Waals surface area contributed by atoms with Gasteiger partial charge in [0.05, 0.1) is 6.54 Å². The molecule has 0 aromatic carbocycles. The van der Waals surface area contributed by atoms with Gasteiger partial charge in [-0.15, -0.1) is 0 Å². The van der Waals surface area contributed by atoms with Crippen LogP contribution in [-0.4, -0.2) is 15.9 Å². The molecule has 1 fully saturated rings. The normalized spacial score (nSPS) is 15.7. The molecule has 0 radical (unpaired) electrons. The fourth-order valence-electron chi connectivity index (χ4n) is 1.23. The molecule has 1 aromatic rings. The number of carbonyl (C=O) groups excluding carboxylic acids is 1. The smallest absolute Gasteiger partial charge is 0.220 e. The van der Waals surface area contributed by atoms with E-state index in [4.69, 9.17) is 0 Å². The molecule has 1 aliphatic rings. The van der Waals surface area contributed by atoms with E-state index < -0.39 is 0 Å². The first kappa shape index (κ1) is 8.29. The minimum Gasteiger partial charge on any atom is -0.349 e. The first-order chi connectivity index (χ1) is 6.34. The number of aromatic amines is 1. The van der Waals surface area contributed by atoms with Crippen molar-refractivity contribution >= 4 is 5.91 Å². The Kier molecular flexibility index (Phi) is 2.29. The predicted molar refractivity (Wildman–Crippen MR) is 47.8 cm³/mol. The zero-order valence-corrected chi connectivity index (χ0v) is 7.42. The van der Waals surface area contributed by atoms with Crippen LogP contribution in [0, 0.1) is 5.92 Å². The van der Waals surface area contributed by atoms with Crippen molar-refractivity contribution in [2.75, 3.05) is 0 Å². The topological polar surface area (TPSA) is 57.8 Å². The summed E-state index contributed by atoms with van der Waals surface area (Å²) in [7, 11) is 0. The molecule has 4 nitrogen and oxygen atoms in total. The second-order valence-electron chi connectivity index (χ2n) is 3.46. The molecule has 0 spiro atoms. The van der Waals surface area contributed by atoms with Crippen LogP contribution in [0.15, 0.2) is 12.4 Å². The molecule has 2 N–H and O–H groups in total. The van der Waals surface area contributed by atoms with Crippen molar-refractivity contribution in [1.82, 2.24) is 15.3 Å². The number of imidazole rings is 1. The Morgan fingerprint density at radius 3 is 3.15 bits per heavy atom. The number of rotatable bonds is 4. The summed E-state index contributed by atoms with van der Waals surface area (Å²) in [5.74, 6) is 1.60. The number of nitrogens with one attached hydrogen (secondary N) is 2. The molecule has 0 aliphatic heterocycles. The minimum absolute atomic E-state index is 0.138. The fourth-order valence-corrected chi connectivity index (χ4v) is 1.23. The van der Waals surface area contributed by atoms with Crippen LogP contribution >= 0.6 is 0 Å². The van der Waals surface area contributed by atoms with Crippen molar-refractivity contribution in [2.24, 2.45) is 5.92 Å². The summed E-state index contributed by atoms with van der Waals surface area (Å²) < 4.78 is 0. The van der Waals surface area contributed by atoms with Gasteiger partial charge in [-0.2, -0.15) is 0 Å². The first-order valence-electron chi connectivity index (χ1n) is 4.59. The van der Waals surface area contributed by atoms with E-state index in [0.717, 1.165) is 5.82 Å². The van der Waals surface area contributed by atoms with Crippen LogP contribution in [-0.2, 0) is 11.3 Å². The Hall–Kier alpha value is -1.32. The lowest BCUT2D eigenvalue weighted by molar-refractivity contribution is -0.121. The molecule has 1 amide bonds. The summed E-state index contributed by atoms with van der Waals surface area (Å²) in [6.07, 6.45) is 6.55. The van der Waals surface area contributed by atoms with Crippen molar-refractivity contribution in [3.8, 4) is 0 Å². The van der Waals surface area contributed by atoms with Crippen LogP contribution in [0.1, 0.15) is 25.1 Å². The monoisotopic (exact) mass is 179 g/mol. The van der Waals surface area contributed by atoms with Crippen molar-refractivity contribution < 1.29 is 4.79 Å². The molecule has 2 rings (SSSR count). The van der Waals surface area contributed by atoms with Crippen LogP contribution in [0.3, 0.4) is 0 Å². The Bertz CT molecular complexity index is 277. The van der Waals surface area contributed by atoms with Crippen LogP contribution in [0.2, 0.25) is 0 Å². The van der Waals surface area contributed by atoms with Crippen LogP contribution in [0.4, 0.5) is 0 Å². The summed E-state index contributed by atoms with van der Waals surface area (Å²) in [5.41, 5.74) is 0. The molecular weight excluding hydrogens is 166 g/mol. The highest BCUT2D eigenvalue weighted by Gasteiger charge is 2.24. The standard InChI is InChI=1S/C9H13N3O/c13-9(5-7-1-2-7)12-6-8-10-3-4-11-8/h3-4,7H,1-2,5-6H2,(H,10,11)(H,12,13). The average Bonchev–Trinajstić information content (AvgIpc) is 2.78. The maximum Gasteiger partial charge on any atom is 0.220 e. The molecule has 1 saturated carbocycles. The van der Waals surface area contributed by atoms with E-state index in [1.807, 2.05) is 0 Å². The molecule has 13 heavy (non-hydrogen) atoms. The van der Waals surface area contributed by atoms with E-state index in [0.29, 0.717) is 18.9 Å². The van der Waals surface area contributed by atoms with E-state index in [1.165, 1.54) is 12.8 Å². The van der Waals surface area contributed by atoms with Crippen LogP contribution < -0.4 is 5.32 Å². The Labute approximate surface area is 76.8 Å². The molecule has 0 atom stereocenters. The molecule has 70 valence electrons. The average molecular weight is 179 g/mol. The number of aromatic nitrogens is 2. The number of nitrogens with zero attached hydrogens (tertiary/aromatic N) is 1. The number of H-pyrrole nitrogens is 1. The quantitative estimate of drug-likeness (QED) is 0.719. The summed E-state index contributed by atoms with van der Waals surface area (Å²) in [6.45, 7) is 0.512. The Morgan fingerprint density at radius 2 is 2.54 bits per heavy atom. The molecule has 0 unspecified atom stereocenters. The molecule has 0 saturated heterocycles. The SMILES string of the molecule is O=C(CC1CC1)NCc1ncc[nH]1. The molecule has 1 aromatic heterocycles. The largest absolute Gasteiger partial charge is 0.349 e. The van der Waals surface area contributed by atoms with Gasteiger partial charge in [-0.25, -0.2) is 4.98 Å². The highest BCUT2D eigenvalue weighted by molar-refractivity contribution is 5.76. The molecule has 1 aliphatic carbocycles. The van der Waals surface area contributed by atoms with E-state index in [2.05, 4.69) is 15.3 Å². The van der Waals surface area contributed by atoms with Gasteiger partial charge in [-0.1, -0.05) is 0 Å². The first-order valence-corrected chi connectivity index (χ1v) is 4.59. The molecule has 1 heterocycles. The van der Waals surface area contributed by atoms with E-state index in [9.17, 15) is 4.79 Å². The maximum atomic E-state index is 11.2. The number of hydrogen-bond donors (Lipinski definition) is 2. The third-order valence-electron chi connectivity index (χ3n) is 2.18. The van der Waals surface area contributed by atoms with Gasteiger partial charge in [0.1, 0.15) is 5.82 Å². The summed E-state index contributed by atoms with van der Waals surface area (Å²) in [6, 6.07) is 0. The van der Waals surface area contributed by atoms with Crippen molar-refractivity contribution in [3.63, 3.8) is 0 Å². The third-order valence-corrected chi connectivity index (χ3v) is 2.18. The highest BCUT2D eigenvalue weighted by atomic mass is 16.1. The summed E-state index contributed by atoms with van der Waals surface area (Å²) >= 11 is 0. The number of amides is 1. The summed E-state index contributed by atoms with van der Waals surface area (Å²) in [5, 5.41) is 2.82. The van der Waals surface area contributed by atoms with Gasteiger partial charge in [0.15, 0.2) is 0 Å². The lowest BCUT2D eigenvalue weighted by Crippen LogP contribution is -2.23. The zero-order chi connectivity index (χ0) is 9.10. The van der Waals surface area contributed by atoms with Crippen molar-refractivity contribution in [3.05, 3.63) is 18.2 Å². The minimum atomic E-state index is 0.138. The lowest BCUT2D eigenvalue weighted by atomic mass is 10.3. The van der Waals surface area contributed by atoms with Gasteiger partial charge in [0.2, 0.25) is 5.91 Å². The second kappa shape index (κ2) is 3.60. The molecule has 0 bridgehead atoms. The van der Waals surface area contributed by atoms with Gasteiger partial charge in [0, 0.05) is 18.8 Å². The number of carbonyl (C=O) groups is 1. The van der Waals surface area contributed by atoms with E-state index in [-0.39, 0.29) is 5.91 Å². The number of hydrogen-bond acceptors (Lipinski definition) is 2. The molecule has 4 heteroatoms. The molecular formula is C9H13N3O. The second-order valence-corrected chi connectivity index (χ2v) is 3.46. The van der Waals surface area contributed by atoms with Gasteiger partial charge in [-0.3, -0.25) is 4.79 Å². The van der Waals surface area contributed by atoms with Gasteiger partial charge >= 0.3 is 0 Å². The lowest BCUT2D eigenvalue weighted by Gasteiger charge is -2.01.